The van der Waals surface area contributed by atoms with Crippen LogP contribution < -0.4 is 5.32 Å². The summed E-state index contributed by atoms with van der Waals surface area (Å²) in [5, 5.41) is 12.4. The van der Waals surface area contributed by atoms with E-state index in [4.69, 9.17) is 5.26 Å². The third-order valence-corrected chi connectivity index (χ3v) is 4.69. The molecule has 1 heterocycles. The van der Waals surface area contributed by atoms with Crippen molar-refractivity contribution in [3.63, 3.8) is 0 Å². The van der Waals surface area contributed by atoms with E-state index in [1.807, 2.05) is 0 Å². The van der Waals surface area contributed by atoms with Crippen molar-refractivity contribution in [3.05, 3.63) is 52.4 Å². The second-order valence-electron chi connectivity index (χ2n) is 5.36. The van der Waals surface area contributed by atoms with E-state index in [-0.39, 0.29) is 5.41 Å². The minimum absolute atomic E-state index is 0.144. The SMILES string of the molecule is N#Cc1nccnc1NCC1(c2ccc(Br)cc2)CCC1. The molecule has 0 amide bonds. The van der Waals surface area contributed by atoms with E-state index in [1.165, 1.54) is 18.2 Å². The Hall–Kier alpha value is -1.93. The molecule has 0 atom stereocenters. The van der Waals surface area contributed by atoms with Crippen LogP contribution in [0.4, 0.5) is 5.82 Å². The van der Waals surface area contributed by atoms with E-state index in [2.05, 4.69) is 61.5 Å². The minimum Gasteiger partial charge on any atom is -0.367 e. The highest BCUT2D eigenvalue weighted by molar-refractivity contribution is 9.10. The average Bonchev–Trinajstić information content (AvgIpc) is 2.48. The minimum atomic E-state index is 0.144. The van der Waals surface area contributed by atoms with Crippen LogP contribution in [-0.2, 0) is 5.41 Å². The van der Waals surface area contributed by atoms with Crippen molar-refractivity contribution in [3.8, 4) is 6.07 Å². The van der Waals surface area contributed by atoms with Crippen LogP contribution in [0.1, 0.15) is 30.5 Å². The molecule has 0 bridgehead atoms. The van der Waals surface area contributed by atoms with Gasteiger partial charge in [0.05, 0.1) is 0 Å². The molecular weight excluding hydrogens is 328 g/mol. The Kier molecular flexibility index (Phi) is 3.89. The van der Waals surface area contributed by atoms with E-state index >= 15 is 0 Å². The quantitative estimate of drug-likeness (QED) is 0.921. The number of nitrogens with one attached hydrogen (secondary N) is 1. The van der Waals surface area contributed by atoms with Crippen molar-refractivity contribution >= 4 is 21.7 Å². The first-order chi connectivity index (χ1) is 10.2. The van der Waals surface area contributed by atoms with Crippen LogP contribution in [0, 0.1) is 11.3 Å². The molecule has 1 aliphatic carbocycles. The molecule has 5 heteroatoms. The Morgan fingerprint density at radius 3 is 2.52 bits per heavy atom. The van der Waals surface area contributed by atoms with Gasteiger partial charge in [-0.1, -0.05) is 34.5 Å². The fraction of sp³-hybridized carbons (Fsp3) is 0.312. The highest BCUT2D eigenvalue weighted by Gasteiger charge is 2.38. The number of halogens is 1. The molecule has 0 saturated heterocycles. The highest BCUT2D eigenvalue weighted by atomic mass is 79.9. The number of rotatable bonds is 4. The lowest BCUT2D eigenvalue weighted by molar-refractivity contribution is 0.260. The first kappa shape index (κ1) is 14.0. The molecule has 0 radical (unpaired) electrons. The first-order valence-corrected chi connectivity index (χ1v) is 7.74. The molecule has 1 aromatic heterocycles. The lowest BCUT2D eigenvalue weighted by atomic mass is 9.64. The molecule has 1 fully saturated rings. The Morgan fingerprint density at radius 2 is 1.90 bits per heavy atom. The first-order valence-electron chi connectivity index (χ1n) is 6.95. The molecule has 0 aliphatic heterocycles. The summed E-state index contributed by atoms with van der Waals surface area (Å²) in [6.45, 7) is 0.780. The van der Waals surface area contributed by atoms with Crippen molar-refractivity contribution in [2.75, 3.05) is 11.9 Å². The van der Waals surface area contributed by atoms with Gasteiger partial charge in [0.15, 0.2) is 11.5 Å². The smallest absolute Gasteiger partial charge is 0.182 e. The number of hydrogen-bond donors (Lipinski definition) is 1. The van der Waals surface area contributed by atoms with Crippen LogP contribution in [0.5, 0.6) is 0 Å². The Morgan fingerprint density at radius 1 is 1.19 bits per heavy atom. The van der Waals surface area contributed by atoms with Crippen LogP contribution in [0.2, 0.25) is 0 Å². The summed E-state index contributed by atoms with van der Waals surface area (Å²) in [6, 6.07) is 10.6. The number of benzene rings is 1. The Labute approximate surface area is 132 Å². The zero-order valence-electron chi connectivity index (χ0n) is 11.5. The molecule has 4 nitrogen and oxygen atoms in total. The van der Waals surface area contributed by atoms with Gasteiger partial charge in [-0.25, -0.2) is 9.97 Å². The average molecular weight is 343 g/mol. The van der Waals surface area contributed by atoms with Gasteiger partial charge < -0.3 is 5.32 Å². The summed E-state index contributed by atoms with van der Waals surface area (Å²) in [6.07, 6.45) is 6.70. The van der Waals surface area contributed by atoms with Crippen molar-refractivity contribution in [2.24, 2.45) is 0 Å². The van der Waals surface area contributed by atoms with E-state index in [0.29, 0.717) is 11.5 Å². The molecule has 0 unspecified atom stereocenters. The standard InChI is InChI=1S/C16H15BrN4/c17-13-4-2-12(3-5-13)16(6-1-7-16)11-21-15-14(10-18)19-8-9-20-15/h2-5,8-9H,1,6-7,11H2,(H,20,21). The third-order valence-electron chi connectivity index (χ3n) is 4.17. The predicted molar refractivity (Wildman–Crippen MR) is 84.9 cm³/mol. The summed E-state index contributed by atoms with van der Waals surface area (Å²) in [5.41, 5.74) is 1.83. The van der Waals surface area contributed by atoms with Gasteiger partial charge in [0.1, 0.15) is 6.07 Å². The van der Waals surface area contributed by atoms with Crippen LogP contribution in [0.15, 0.2) is 41.1 Å². The molecule has 1 aliphatic rings. The van der Waals surface area contributed by atoms with Crippen molar-refractivity contribution in [1.82, 2.24) is 9.97 Å². The fourth-order valence-electron chi connectivity index (χ4n) is 2.78. The Bertz CT molecular complexity index is 671. The van der Waals surface area contributed by atoms with Gasteiger partial charge in [0.2, 0.25) is 0 Å². The number of hydrogen-bond acceptors (Lipinski definition) is 4. The number of anilines is 1. The van der Waals surface area contributed by atoms with E-state index in [0.717, 1.165) is 23.9 Å². The molecule has 106 valence electrons. The Balaban J connectivity index is 1.79. The molecular formula is C16H15BrN4. The molecule has 0 spiro atoms. The molecule has 21 heavy (non-hydrogen) atoms. The van der Waals surface area contributed by atoms with Crippen LogP contribution in [0.3, 0.4) is 0 Å². The molecule has 1 N–H and O–H groups in total. The molecule has 1 aromatic carbocycles. The lowest BCUT2D eigenvalue weighted by Gasteiger charge is -2.42. The number of aromatic nitrogens is 2. The predicted octanol–water partition coefficient (Wildman–Crippen LogP) is 3.64. The fourth-order valence-corrected chi connectivity index (χ4v) is 3.04. The van der Waals surface area contributed by atoms with Gasteiger partial charge in [-0.3, -0.25) is 0 Å². The summed E-state index contributed by atoms with van der Waals surface area (Å²) in [4.78, 5) is 8.25. The number of nitriles is 1. The van der Waals surface area contributed by atoms with Crippen molar-refractivity contribution < 1.29 is 0 Å². The van der Waals surface area contributed by atoms with Gasteiger partial charge in [0.25, 0.3) is 0 Å². The lowest BCUT2D eigenvalue weighted by Crippen LogP contribution is -2.41. The van der Waals surface area contributed by atoms with E-state index in [1.54, 1.807) is 6.20 Å². The summed E-state index contributed by atoms with van der Waals surface area (Å²) in [7, 11) is 0. The second kappa shape index (κ2) is 5.82. The van der Waals surface area contributed by atoms with Gasteiger partial charge in [-0.2, -0.15) is 5.26 Å². The highest BCUT2D eigenvalue weighted by Crippen LogP contribution is 2.44. The topological polar surface area (TPSA) is 61.6 Å². The van der Waals surface area contributed by atoms with Gasteiger partial charge in [-0.15, -0.1) is 0 Å². The largest absolute Gasteiger partial charge is 0.367 e. The third kappa shape index (κ3) is 2.77. The van der Waals surface area contributed by atoms with E-state index < -0.39 is 0 Å². The van der Waals surface area contributed by atoms with Crippen LogP contribution in [0.25, 0.3) is 0 Å². The maximum Gasteiger partial charge on any atom is 0.182 e. The normalized spacial score (nSPS) is 15.8. The summed E-state index contributed by atoms with van der Waals surface area (Å²) in [5.74, 6) is 0.573. The summed E-state index contributed by atoms with van der Waals surface area (Å²) >= 11 is 3.48. The van der Waals surface area contributed by atoms with Crippen LogP contribution >= 0.6 is 15.9 Å². The van der Waals surface area contributed by atoms with E-state index in [9.17, 15) is 0 Å². The monoisotopic (exact) mass is 342 g/mol. The maximum atomic E-state index is 9.07. The zero-order valence-corrected chi connectivity index (χ0v) is 13.1. The molecule has 3 rings (SSSR count). The maximum absolute atomic E-state index is 9.07. The van der Waals surface area contributed by atoms with Crippen molar-refractivity contribution in [1.29, 1.82) is 5.26 Å². The van der Waals surface area contributed by atoms with Gasteiger partial charge in [-0.05, 0) is 30.5 Å². The summed E-state index contributed by atoms with van der Waals surface area (Å²) < 4.78 is 1.09. The van der Waals surface area contributed by atoms with Crippen LogP contribution in [-0.4, -0.2) is 16.5 Å². The zero-order chi connectivity index (χ0) is 14.7. The van der Waals surface area contributed by atoms with Crippen molar-refractivity contribution in [2.45, 2.75) is 24.7 Å². The van der Waals surface area contributed by atoms with Gasteiger partial charge in [0, 0.05) is 28.8 Å². The molecule has 1 saturated carbocycles. The molecule has 2 aromatic rings. The second-order valence-corrected chi connectivity index (χ2v) is 6.28. The number of nitrogens with zero attached hydrogens (tertiary/aromatic N) is 3. The van der Waals surface area contributed by atoms with Gasteiger partial charge >= 0.3 is 0 Å².